The first-order chi connectivity index (χ1) is 12.4. The monoisotopic (exact) mass is 359 g/mol. The summed E-state index contributed by atoms with van der Waals surface area (Å²) >= 11 is 0. The molecule has 0 saturated carbocycles. The van der Waals surface area contributed by atoms with Gasteiger partial charge in [0.15, 0.2) is 6.10 Å². The molecule has 0 N–H and O–H groups in total. The Bertz CT molecular complexity index is 830. The Morgan fingerprint density at radius 3 is 2.23 bits per heavy atom. The Morgan fingerprint density at radius 1 is 1.04 bits per heavy atom. The molecule has 1 atom stereocenters. The Morgan fingerprint density at radius 2 is 1.69 bits per heavy atom. The number of nitro benzene ring substituents is 1. The van der Waals surface area contributed by atoms with E-state index in [2.05, 4.69) is 0 Å². The minimum Gasteiger partial charge on any atom is -0.497 e. The number of benzene rings is 2. The van der Waals surface area contributed by atoms with E-state index in [0.29, 0.717) is 11.3 Å². The highest BCUT2D eigenvalue weighted by Crippen LogP contribution is 2.25. The molecule has 2 aromatic carbocycles. The summed E-state index contributed by atoms with van der Waals surface area (Å²) in [5.74, 6) is -0.595. The fourth-order valence-electron chi connectivity index (χ4n) is 2.24. The van der Waals surface area contributed by atoms with E-state index in [0.717, 1.165) is 6.07 Å². The van der Waals surface area contributed by atoms with Crippen LogP contribution in [0.25, 0.3) is 0 Å². The van der Waals surface area contributed by atoms with Crippen molar-refractivity contribution in [1.82, 2.24) is 0 Å². The van der Waals surface area contributed by atoms with Gasteiger partial charge in [0.2, 0.25) is 5.78 Å². The molecule has 2 rings (SSSR count). The molecule has 0 aromatic heterocycles. The molecule has 0 heterocycles. The smallest absolute Gasteiger partial charge is 0.342 e. The molecule has 0 spiro atoms. The third kappa shape index (κ3) is 4.15. The van der Waals surface area contributed by atoms with Gasteiger partial charge in [0.25, 0.3) is 5.69 Å². The molecular weight excluding hydrogens is 342 g/mol. The van der Waals surface area contributed by atoms with E-state index in [9.17, 15) is 19.7 Å². The van der Waals surface area contributed by atoms with Gasteiger partial charge >= 0.3 is 5.97 Å². The summed E-state index contributed by atoms with van der Waals surface area (Å²) in [6.07, 6.45) is -1.08. The number of Topliss-reactive ketones (excluding diaryl/α,β-unsaturated/α-hetero) is 1. The molecular formula is C18H17NO7. The predicted molar refractivity (Wildman–Crippen MR) is 91.9 cm³/mol. The summed E-state index contributed by atoms with van der Waals surface area (Å²) in [7, 11) is 2.83. The van der Waals surface area contributed by atoms with E-state index < -0.39 is 22.8 Å². The Balaban J connectivity index is 2.18. The van der Waals surface area contributed by atoms with Crippen LogP contribution in [-0.4, -0.2) is 37.0 Å². The zero-order valence-electron chi connectivity index (χ0n) is 14.4. The van der Waals surface area contributed by atoms with Gasteiger partial charge < -0.3 is 14.2 Å². The molecule has 0 saturated heterocycles. The lowest BCUT2D eigenvalue weighted by Gasteiger charge is -2.14. The van der Waals surface area contributed by atoms with E-state index in [1.807, 2.05) is 0 Å². The molecule has 8 nitrogen and oxygen atoms in total. The van der Waals surface area contributed by atoms with Crippen molar-refractivity contribution < 1.29 is 28.7 Å². The molecule has 0 aliphatic carbocycles. The SMILES string of the molecule is COc1ccc(C(=O)[C@H](C)OC(=O)c2cc([N+](=O)[O-])ccc2OC)cc1. The van der Waals surface area contributed by atoms with Crippen LogP contribution in [0.3, 0.4) is 0 Å². The van der Waals surface area contributed by atoms with Gasteiger partial charge in [-0.15, -0.1) is 0 Å². The van der Waals surface area contributed by atoms with Crippen LogP contribution in [-0.2, 0) is 4.74 Å². The van der Waals surface area contributed by atoms with Crippen molar-refractivity contribution >= 4 is 17.4 Å². The van der Waals surface area contributed by atoms with Crippen LogP contribution in [0.2, 0.25) is 0 Å². The Kier molecular flexibility index (Phi) is 5.90. The van der Waals surface area contributed by atoms with Crippen molar-refractivity contribution in [2.45, 2.75) is 13.0 Å². The number of non-ortho nitro benzene ring substituents is 1. The number of methoxy groups -OCH3 is 2. The maximum Gasteiger partial charge on any atom is 0.342 e. The molecule has 0 aliphatic heterocycles. The molecule has 0 unspecified atom stereocenters. The van der Waals surface area contributed by atoms with Crippen molar-refractivity contribution in [2.75, 3.05) is 14.2 Å². The number of carbonyl (C=O) groups is 2. The van der Waals surface area contributed by atoms with Crippen molar-refractivity contribution in [3.63, 3.8) is 0 Å². The van der Waals surface area contributed by atoms with Gasteiger partial charge in [-0.25, -0.2) is 4.79 Å². The predicted octanol–water partition coefficient (Wildman–Crippen LogP) is 3.04. The molecule has 0 radical (unpaired) electrons. The number of hydrogen-bond donors (Lipinski definition) is 0. The lowest BCUT2D eigenvalue weighted by atomic mass is 10.1. The molecule has 2 aromatic rings. The molecule has 0 fully saturated rings. The molecule has 0 amide bonds. The molecule has 0 bridgehead atoms. The number of esters is 1. The van der Waals surface area contributed by atoms with Crippen LogP contribution in [0.4, 0.5) is 5.69 Å². The summed E-state index contributed by atoms with van der Waals surface area (Å²) in [6.45, 7) is 1.42. The standard InChI is InChI=1S/C18H17NO7/c1-11(17(20)12-4-7-14(24-2)8-5-12)26-18(21)15-10-13(19(22)23)6-9-16(15)25-3/h4-11H,1-3H3/t11-/m0/s1. The number of nitro groups is 1. The van der Waals surface area contributed by atoms with Crippen LogP contribution in [0, 0.1) is 10.1 Å². The van der Waals surface area contributed by atoms with Crippen LogP contribution < -0.4 is 9.47 Å². The molecule has 0 aliphatic rings. The minimum absolute atomic E-state index is 0.115. The highest BCUT2D eigenvalue weighted by molar-refractivity contribution is 6.02. The highest BCUT2D eigenvalue weighted by atomic mass is 16.6. The first-order valence-electron chi connectivity index (χ1n) is 7.59. The fraction of sp³-hybridized carbons (Fsp3) is 0.222. The summed E-state index contributed by atoms with van der Waals surface area (Å²) in [4.78, 5) is 35.0. The third-order valence-electron chi connectivity index (χ3n) is 3.64. The van der Waals surface area contributed by atoms with Gasteiger partial charge in [0.05, 0.1) is 19.1 Å². The van der Waals surface area contributed by atoms with Gasteiger partial charge in [-0.05, 0) is 37.3 Å². The maximum atomic E-state index is 12.4. The average molecular weight is 359 g/mol. The summed E-state index contributed by atoms with van der Waals surface area (Å²) in [5, 5.41) is 10.9. The van der Waals surface area contributed by atoms with Crippen molar-refractivity contribution in [3.05, 3.63) is 63.7 Å². The van der Waals surface area contributed by atoms with E-state index >= 15 is 0 Å². The van der Waals surface area contributed by atoms with Gasteiger partial charge in [-0.3, -0.25) is 14.9 Å². The van der Waals surface area contributed by atoms with Crippen molar-refractivity contribution in [2.24, 2.45) is 0 Å². The summed E-state index contributed by atoms with van der Waals surface area (Å²) < 4.78 is 15.2. The number of ketones is 1. The lowest BCUT2D eigenvalue weighted by molar-refractivity contribution is -0.384. The van der Waals surface area contributed by atoms with Crippen molar-refractivity contribution in [1.29, 1.82) is 0 Å². The molecule has 26 heavy (non-hydrogen) atoms. The number of hydrogen-bond acceptors (Lipinski definition) is 7. The van der Waals surface area contributed by atoms with Gasteiger partial charge in [-0.1, -0.05) is 0 Å². The normalized spacial score (nSPS) is 11.3. The maximum absolute atomic E-state index is 12.4. The second-order valence-corrected chi connectivity index (χ2v) is 5.28. The summed E-state index contributed by atoms with van der Waals surface area (Å²) in [6, 6.07) is 9.90. The van der Waals surface area contributed by atoms with Gasteiger partial charge in [0.1, 0.15) is 17.1 Å². The summed E-state index contributed by atoms with van der Waals surface area (Å²) in [5.41, 5.74) is -0.0694. The zero-order valence-corrected chi connectivity index (χ0v) is 14.4. The molecule has 8 heteroatoms. The van der Waals surface area contributed by atoms with E-state index in [4.69, 9.17) is 14.2 Å². The fourth-order valence-corrected chi connectivity index (χ4v) is 2.24. The number of rotatable bonds is 7. The van der Waals surface area contributed by atoms with E-state index in [-0.39, 0.29) is 17.0 Å². The van der Waals surface area contributed by atoms with Crippen LogP contribution in [0.15, 0.2) is 42.5 Å². The Hall–Kier alpha value is -3.42. The van der Waals surface area contributed by atoms with Gasteiger partial charge in [-0.2, -0.15) is 0 Å². The second-order valence-electron chi connectivity index (χ2n) is 5.28. The highest BCUT2D eigenvalue weighted by Gasteiger charge is 2.24. The largest absolute Gasteiger partial charge is 0.497 e. The average Bonchev–Trinajstić information content (AvgIpc) is 2.66. The minimum atomic E-state index is -1.08. The molecule has 136 valence electrons. The van der Waals surface area contributed by atoms with Crippen LogP contribution in [0.1, 0.15) is 27.6 Å². The number of carbonyl (C=O) groups excluding carboxylic acids is 2. The zero-order chi connectivity index (χ0) is 19.3. The third-order valence-corrected chi connectivity index (χ3v) is 3.64. The second kappa shape index (κ2) is 8.11. The van der Waals surface area contributed by atoms with E-state index in [1.165, 1.54) is 33.3 Å². The topological polar surface area (TPSA) is 105 Å². The van der Waals surface area contributed by atoms with E-state index in [1.54, 1.807) is 24.3 Å². The number of nitrogens with zero attached hydrogens (tertiary/aromatic N) is 1. The van der Waals surface area contributed by atoms with Crippen LogP contribution in [0.5, 0.6) is 11.5 Å². The number of ether oxygens (including phenoxy) is 3. The quantitative estimate of drug-likeness (QED) is 0.324. The first kappa shape index (κ1) is 18.9. The van der Waals surface area contributed by atoms with Gasteiger partial charge in [0, 0.05) is 17.7 Å². The van der Waals surface area contributed by atoms with Crippen molar-refractivity contribution in [3.8, 4) is 11.5 Å². The lowest BCUT2D eigenvalue weighted by Crippen LogP contribution is -2.24. The Labute approximate surface area is 149 Å². The first-order valence-corrected chi connectivity index (χ1v) is 7.59. The van der Waals surface area contributed by atoms with Crippen LogP contribution >= 0.6 is 0 Å².